The highest BCUT2D eigenvalue weighted by atomic mass is 32.2. The Balaban J connectivity index is 2.95. The molecule has 1 amide bonds. The van der Waals surface area contributed by atoms with E-state index in [1.807, 2.05) is 0 Å². The number of rotatable bonds is 6. The van der Waals surface area contributed by atoms with Gasteiger partial charge < -0.3 is 10.5 Å². The van der Waals surface area contributed by atoms with Crippen molar-refractivity contribution >= 4 is 27.3 Å². The maximum atomic E-state index is 11.9. The van der Waals surface area contributed by atoms with Crippen molar-refractivity contribution in [3.63, 3.8) is 0 Å². The number of amides is 1. The number of nitrogens with one attached hydrogen (secondary N) is 1. The Kier molecular flexibility index (Phi) is 4.63. The fourth-order valence-corrected chi connectivity index (χ4v) is 3.66. The molecule has 0 radical (unpaired) electrons. The van der Waals surface area contributed by atoms with E-state index in [0.717, 1.165) is 11.3 Å². The van der Waals surface area contributed by atoms with Crippen molar-refractivity contribution in [2.24, 2.45) is 5.73 Å². The SMILES string of the molecule is COCCNS(=O)(=O)c1cc(C(N)=O)sc1C. The monoisotopic (exact) mass is 278 g/mol. The Bertz CT molecular complexity index is 507. The van der Waals surface area contributed by atoms with E-state index in [0.29, 0.717) is 4.88 Å². The molecule has 1 heterocycles. The van der Waals surface area contributed by atoms with Gasteiger partial charge in [-0.2, -0.15) is 0 Å². The number of methoxy groups -OCH3 is 1. The maximum Gasteiger partial charge on any atom is 0.258 e. The van der Waals surface area contributed by atoms with E-state index in [-0.39, 0.29) is 22.9 Å². The summed E-state index contributed by atoms with van der Waals surface area (Å²) in [4.78, 5) is 11.8. The van der Waals surface area contributed by atoms with Gasteiger partial charge in [0.05, 0.1) is 16.4 Å². The van der Waals surface area contributed by atoms with Gasteiger partial charge in [0.25, 0.3) is 5.91 Å². The fraction of sp³-hybridized carbons (Fsp3) is 0.444. The first kappa shape index (κ1) is 14.1. The average molecular weight is 278 g/mol. The van der Waals surface area contributed by atoms with Crippen molar-refractivity contribution in [3.05, 3.63) is 15.8 Å². The fourth-order valence-electron chi connectivity index (χ4n) is 1.21. The van der Waals surface area contributed by atoms with Gasteiger partial charge in [-0.05, 0) is 13.0 Å². The molecule has 0 bridgehead atoms. The van der Waals surface area contributed by atoms with Gasteiger partial charge in [0, 0.05) is 18.5 Å². The second-order valence-electron chi connectivity index (χ2n) is 3.29. The third-order valence-electron chi connectivity index (χ3n) is 2.00. The summed E-state index contributed by atoms with van der Waals surface area (Å²) in [5.41, 5.74) is 5.10. The van der Waals surface area contributed by atoms with Crippen molar-refractivity contribution in [1.29, 1.82) is 0 Å². The Morgan fingerprint density at radius 1 is 1.59 bits per heavy atom. The molecule has 0 aliphatic rings. The van der Waals surface area contributed by atoms with Crippen LogP contribution in [-0.2, 0) is 14.8 Å². The summed E-state index contributed by atoms with van der Waals surface area (Å²) in [7, 11) is -2.12. The van der Waals surface area contributed by atoms with Crippen molar-refractivity contribution < 1.29 is 17.9 Å². The minimum Gasteiger partial charge on any atom is -0.383 e. The van der Waals surface area contributed by atoms with Crippen LogP contribution in [0.5, 0.6) is 0 Å². The number of carbonyl (C=O) groups is 1. The topological polar surface area (TPSA) is 98.5 Å². The van der Waals surface area contributed by atoms with Crippen molar-refractivity contribution in [2.45, 2.75) is 11.8 Å². The first-order valence-electron chi connectivity index (χ1n) is 4.77. The summed E-state index contributed by atoms with van der Waals surface area (Å²) >= 11 is 1.06. The molecule has 0 aliphatic carbocycles. The molecule has 1 rings (SSSR count). The highest BCUT2D eigenvalue weighted by Crippen LogP contribution is 2.25. The number of hydrogen-bond acceptors (Lipinski definition) is 5. The molecule has 1 aromatic heterocycles. The number of hydrogen-bond donors (Lipinski definition) is 2. The number of ether oxygens (including phenoxy) is 1. The van der Waals surface area contributed by atoms with Gasteiger partial charge in [-0.1, -0.05) is 0 Å². The molecule has 0 saturated carbocycles. The molecule has 3 N–H and O–H groups in total. The zero-order valence-electron chi connectivity index (χ0n) is 9.52. The third-order valence-corrected chi connectivity index (χ3v) is 4.78. The lowest BCUT2D eigenvalue weighted by Gasteiger charge is -2.04. The van der Waals surface area contributed by atoms with E-state index in [1.54, 1.807) is 6.92 Å². The molecule has 0 atom stereocenters. The van der Waals surface area contributed by atoms with Crippen molar-refractivity contribution in [1.82, 2.24) is 4.72 Å². The minimum atomic E-state index is -3.60. The van der Waals surface area contributed by atoms with Crippen LogP contribution in [0, 0.1) is 6.92 Å². The molecule has 0 spiro atoms. The molecule has 0 fully saturated rings. The van der Waals surface area contributed by atoms with E-state index in [4.69, 9.17) is 10.5 Å². The lowest BCUT2D eigenvalue weighted by molar-refractivity contribution is 0.100. The number of thiophene rings is 1. The van der Waals surface area contributed by atoms with E-state index >= 15 is 0 Å². The van der Waals surface area contributed by atoms with Gasteiger partial charge in [-0.25, -0.2) is 13.1 Å². The zero-order chi connectivity index (χ0) is 13.1. The Morgan fingerprint density at radius 2 is 2.24 bits per heavy atom. The Hall–Kier alpha value is -0.960. The van der Waals surface area contributed by atoms with Crippen LogP contribution in [-0.4, -0.2) is 34.6 Å². The van der Waals surface area contributed by atoms with Gasteiger partial charge in [0.1, 0.15) is 0 Å². The Labute approximate surface area is 104 Å². The van der Waals surface area contributed by atoms with Gasteiger partial charge in [0.2, 0.25) is 10.0 Å². The summed E-state index contributed by atoms with van der Waals surface area (Å²) in [5.74, 6) is -0.628. The van der Waals surface area contributed by atoms with E-state index in [9.17, 15) is 13.2 Å². The van der Waals surface area contributed by atoms with Gasteiger partial charge in [0.15, 0.2) is 0 Å². The van der Waals surface area contributed by atoms with Gasteiger partial charge in [-0.15, -0.1) is 11.3 Å². The normalized spacial score (nSPS) is 11.6. The molecule has 0 aliphatic heterocycles. The lowest BCUT2D eigenvalue weighted by Crippen LogP contribution is -2.27. The zero-order valence-corrected chi connectivity index (χ0v) is 11.2. The molecule has 96 valence electrons. The smallest absolute Gasteiger partial charge is 0.258 e. The first-order valence-corrected chi connectivity index (χ1v) is 7.07. The van der Waals surface area contributed by atoms with Gasteiger partial charge >= 0.3 is 0 Å². The highest BCUT2D eigenvalue weighted by Gasteiger charge is 2.20. The summed E-state index contributed by atoms with van der Waals surface area (Å²) in [6.07, 6.45) is 0. The summed E-state index contributed by atoms with van der Waals surface area (Å²) in [6, 6.07) is 1.29. The molecular weight excluding hydrogens is 264 g/mol. The van der Waals surface area contributed by atoms with Crippen LogP contribution in [0.25, 0.3) is 0 Å². The molecule has 17 heavy (non-hydrogen) atoms. The van der Waals surface area contributed by atoms with Crippen molar-refractivity contribution in [3.8, 4) is 0 Å². The molecule has 0 unspecified atom stereocenters. The predicted molar refractivity (Wildman–Crippen MR) is 64.6 cm³/mol. The number of sulfonamides is 1. The maximum absolute atomic E-state index is 11.9. The van der Waals surface area contributed by atoms with Crippen LogP contribution in [0.1, 0.15) is 14.5 Å². The van der Waals surface area contributed by atoms with Crippen LogP contribution in [0.3, 0.4) is 0 Å². The number of carbonyl (C=O) groups excluding carboxylic acids is 1. The van der Waals surface area contributed by atoms with E-state index in [2.05, 4.69) is 4.72 Å². The quantitative estimate of drug-likeness (QED) is 0.720. The van der Waals surface area contributed by atoms with Crippen molar-refractivity contribution in [2.75, 3.05) is 20.3 Å². The molecule has 0 saturated heterocycles. The second-order valence-corrected chi connectivity index (χ2v) is 6.28. The van der Waals surface area contributed by atoms with E-state index in [1.165, 1.54) is 13.2 Å². The second kappa shape index (κ2) is 5.58. The van der Waals surface area contributed by atoms with Crippen LogP contribution in [0.2, 0.25) is 0 Å². The van der Waals surface area contributed by atoms with Crippen LogP contribution in [0.15, 0.2) is 11.0 Å². The molecular formula is C9H14N2O4S2. The number of primary amides is 1. The van der Waals surface area contributed by atoms with E-state index < -0.39 is 15.9 Å². The molecule has 6 nitrogen and oxygen atoms in total. The number of nitrogens with two attached hydrogens (primary N) is 1. The molecule has 8 heteroatoms. The third kappa shape index (κ3) is 3.50. The van der Waals surface area contributed by atoms with Crippen LogP contribution < -0.4 is 10.5 Å². The highest BCUT2D eigenvalue weighted by molar-refractivity contribution is 7.89. The standard InChI is InChI=1S/C9H14N2O4S2/c1-6-8(5-7(16-6)9(10)12)17(13,14)11-3-4-15-2/h5,11H,3-4H2,1-2H3,(H2,10,12). The average Bonchev–Trinajstić information content (AvgIpc) is 2.61. The largest absolute Gasteiger partial charge is 0.383 e. The van der Waals surface area contributed by atoms with Gasteiger partial charge in [-0.3, -0.25) is 4.79 Å². The molecule has 1 aromatic rings. The van der Waals surface area contributed by atoms with Crippen LogP contribution in [0.4, 0.5) is 0 Å². The van der Waals surface area contributed by atoms with Crippen LogP contribution >= 0.6 is 11.3 Å². The molecule has 0 aromatic carbocycles. The minimum absolute atomic E-state index is 0.0902. The first-order chi connectivity index (χ1) is 7.88. The summed E-state index contributed by atoms with van der Waals surface area (Å²) in [5, 5.41) is 0. The Morgan fingerprint density at radius 3 is 2.71 bits per heavy atom. The number of aryl methyl sites for hydroxylation is 1. The predicted octanol–water partition coefficient (Wildman–Crippen LogP) is 0.0801. The summed E-state index contributed by atoms with van der Waals surface area (Å²) < 4.78 is 30.8. The lowest BCUT2D eigenvalue weighted by atomic mass is 10.4. The summed E-state index contributed by atoms with van der Waals surface area (Å²) in [6.45, 7) is 2.09.